The molecule has 0 saturated carbocycles. The van der Waals surface area contributed by atoms with Gasteiger partial charge in [0.25, 0.3) is 5.78 Å². The Hall–Kier alpha value is -1.69. The summed E-state index contributed by atoms with van der Waals surface area (Å²) in [7, 11) is 0. The Balaban J connectivity index is 1.97. The highest BCUT2D eigenvalue weighted by Gasteiger charge is 2.27. The van der Waals surface area contributed by atoms with Gasteiger partial charge in [0.1, 0.15) is 12.1 Å². The van der Waals surface area contributed by atoms with E-state index in [1.807, 2.05) is 19.9 Å². The minimum atomic E-state index is -0.260. The quantitative estimate of drug-likeness (QED) is 0.843. The molecule has 2 aromatic rings. The van der Waals surface area contributed by atoms with E-state index in [9.17, 15) is 5.11 Å². The molecule has 1 aliphatic heterocycles. The Bertz CT molecular complexity index is 565. The SMILES string of the molecule is Cc1cc(N2CCC(C(C)O)C2)n2ncnc2n1. The number of aliphatic hydroxyl groups is 1. The van der Waals surface area contributed by atoms with E-state index in [4.69, 9.17) is 0 Å². The summed E-state index contributed by atoms with van der Waals surface area (Å²) in [5.74, 6) is 1.97. The largest absolute Gasteiger partial charge is 0.393 e. The Morgan fingerprint density at radius 2 is 2.33 bits per heavy atom. The van der Waals surface area contributed by atoms with Gasteiger partial charge in [-0.3, -0.25) is 0 Å². The zero-order valence-corrected chi connectivity index (χ0v) is 10.6. The van der Waals surface area contributed by atoms with Crippen LogP contribution in [0.5, 0.6) is 0 Å². The number of hydrogen-bond donors (Lipinski definition) is 1. The van der Waals surface area contributed by atoms with Crippen molar-refractivity contribution in [1.82, 2.24) is 19.6 Å². The van der Waals surface area contributed by atoms with Crippen LogP contribution in [0.4, 0.5) is 5.82 Å². The number of aryl methyl sites for hydroxylation is 1. The lowest BCUT2D eigenvalue weighted by atomic mass is 10.0. The highest BCUT2D eigenvalue weighted by molar-refractivity contribution is 5.47. The van der Waals surface area contributed by atoms with Crippen molar-refractivity contribution in [2.75, 3.05) is 18.0 Å². The maximum Gasteiger partial charge on any atom is 0.254 e. The number of aromatic nitrogens is 4. The van der Waals surface area contributed by atoms with Crippen molar-refractivity contribution in [3.8, 4) is 0 Å². The van der Waals surface area contributed by atoms with Crippen LogP contribution in [0.25, 0.3) is 5.78 Å². The molecule has 0 amide bonds. The summed E-state index contributed by atoms with van der Waals surface area (Å²) in [6.07, 6.45) is 2.27. The van der Waals surface area contributed by atoms with E-state index < -0.39 is 0 Å². The zero-order chi connectivity index (χ0) is 12.7. The van der Waals surface area contributed by atoms with Crippen LogP contribution in [0.2, 0.25) is 0 Å². The molecule has 1 N–H and O–H groups in total. The third kappa shape index (κ3) is 1.82. The second kappa shape index (κ2) is 4.20. The van der Waals surface area contributed by atoms with E-state index in [0.717, 1.165) is 31.0 Å². The molecule has 2 unspecified atom stereocenters. The van der Waals surface area contributed by atoms with E-state index in [1.165, 1.54) is 6.33 Å². The summed E-state index contributed by atoms with van der Waals surface area (Å²) < 4.78 is 1.76. The number of hydrogen-bond acceptors (Lipinski definition) is 5. The van der Waals surface area contributed by atoms with E-state index in [1.54, 1.807) is 4.52 Å². The summed E-state index contributed by atoms with van der Waals surface area (Å²) in [4.78, 5) is 10.7. The van der Waals surface area contributed by atoms with Crippen molar-refractivity contribution in [3.05, 3.63) is 18.1 Å². The summed E-state index contributed by atoms with van der Waals surface area (Å²) in [5.41, 5.74) is 0.936. The number of aliphatic hydroxyl groups excluding tert-OH is 1. The van der Waals surface area contributed by atoms with Crippen LogP contribution in [0.3, 0.4) is 0 Å². The molecular formula is C12H17N5O. The molecule has 96 valence electrons. The fourth-order valence-electron chi connectivity index (χ4n) is 2.53. The van der Waals surface area contributed by atoms with Crippen LogP contribution in [-0.4, -0.2) is 43.9 Å². The van der Waals surface area contributed by atoms with Crippen LogP contribution in [0.1, 0.15) is 19.0 Å². The van der Waals surface area contributed by atoms with Crippen molar-refractivity contribution in [2.24, 2.45) is 5.92 Å². The van der Waals surface area contributed by atoms with Crippen LogP contribution in [0, 0.1) is 12.8 Å². The minimum absolute atomic E-state index is 0.260. The van der Waals surface area contributed by atoms with Crippen LogP contribution in [-0.2, 0) is 0 Å². The van der Waals surface area contributed by atoms with E-state index in [-0.39, 0.29) is 6.10 Å². The second-order valence-corrected chi connectivity index (χ2v) is 4.96. The van der Waals surface area contributed by atoms with Gasteiger partial charge >= 0.3 is 0 Å². The van der Waals surface area contributed by atoms with Gasteiger partial charge in [0.2, 0.25) is 0 Å². The molecule has 6 nitrogen and oxygen atoms in total. The molecule has 2 aromatic heterocycles. The maximum atomic E-state index is 9.67. The molecular weight excluding hydrogens is 230 g/mol. The molecule has 18 heavy (non-hydrogen) atoms. The van der Waals surface area contributed by atoms with Gasteiger partial charge < -0.3 is 10.0 Å². The number of rotatable bonds is 2. The fourth-order valence-corrected chi connectivity index (χ4v) is 2.53. The summed E-state index contributed by atoms with van der Waals surface area (Å²) in [6.45, 7) is 5.61. The monoisotopic (exact) mass is 247 g/mol. The van der Waals surface area contributed by atoms with Crippen LogP contribution in [0.15, 0.2) is 12.4 Å². The lowest BCUT2D eigenvalue weighted by Crippen LogP contribution is -2.26. The predicted molar refractivity (Wildman–Crippen MR) is 67.5 cm³/mol. The Morgan fingerprint density at radius 3 is 3.06 bits per heavy atom. The molecule has 3 heterocycles. The molecule has 0 aromatic carbocycles. The molecule has 0 aliphatic carbocycles. The molecule has 1 saturated heterocycles. The first-order chi connectivity index (χ1) is 8.65. The van der Waals surface area contributed by atoms with E-state index in [0.29, 0.717) is 11.7 Å². The average molecular weight is 247 g/mol. The second-order valence-electron chi connectivity index (χ2n) is 4.96. The molecule has 3 rings (SSSR count). The molecule has 2 atom stereocenters. The van der Waals surface area contributed by atoms with Gasteiger partial charge in [0.15, 0.2) is 0 Å². The topological polar surface area (TPSA) is 66.5 Å². The van der Waals surface area contributed by atoms with Gasteiger partial charge in [-0.15, -0.1) is 0 Å². The lowest BCUT2D eigenvalue weighted by Gasteiger charge is -2.20. The van der Waals surface area contributed by atoms with Crippen LogP contribution < -0.4 is 4.90 Å². The first-order valence-corrected chi connectivity index (χ1v) is 6.25. The highest BCUT2D eigenvalue weighted by Crippen LogP contribution is 2.25. The number of nitrogens with zero attached hydrogens (tertiary/aromatic N) is 5. The standard InChI is InChI=1S/C12H17N5O/c1-8-5-11(17-12(15-8)13-7-14-17)16-4-3-10(6-16)9(2)18/h5,7,9-10,18H,3-4,6H2,1-2H3. The molecule has 6 heteroatoms. The van der Waals surface area contributed by atoms with Gasteiger partial charge in [-0.05, 0) is 20.3 Å². The summed E-state index contributed by atoms with van der Waals surface area (Å²) >= 11 is 0. The number of fused-ring (bicyclic) bond motifs is 1. The van der Waals surface area contributed by atoms with Crippen molar-refractivity contribution in [1.29, 1.82) is 0 Å². The maximum absolute atomic E-state index is 9.67. The predicted octanol–water partition coefficient (Wildman–Crippen LogP) is 0.640. The van der Waals surface area contributed by atoms with Crippen molar-refractivity contribution < 1.29 is 5.11 Å². The van der Waals surface area contributed by atoms with Crippen molar-refractivity contribution in [3.63, 3.8) is 0 Å². The van der Waals surface area contributed by atoms with Gasteiger partial charge in [-0.1, -0.05) is 0 Å². The smallest absolute Gasteiger partial charge is 0.254 e. The van der Waals surface area contributed by atoms with Crippen LogP contribution >= 0.6 is 0 Å². The van der Waals surface area contributed by atoms with Gasteiger partial charge in [-0.25, -0.2) is 4.98 Å². The first-order valence-electron chi connectivity index (χ1n) is 6.25. The molecule has 1 fully saturated rings. The van der Waals surface area contributed by atoms with Gasteiger partial charge in [-0.2, -0.15) is 14.6 Å². The molecule has 0 spiro atoms. The normalized spacial score (nSPS) is 21.7. The average Bonchev–Trinajstić information content (AvgIpc) is 2.95. The van der Waals surface area contributed by atoms with E-state index >= 15 is 0 Å². The fraction of sp³-hybridized carbons (Fsp3) is 0.583. The Morgan fingerprint density at radius 1 is 1.50 bits per heavy atom. The lowest BCUT2D eigenvalue weighted by molar-refractivity contribution is 0.136. The van der Waals surface area contributed by atoms with E-state index in [2.05, 4.69) is 20.0 Å². The van der Waals surface area contributed by atoms with Crippen molar-refractivity contribution in [2.45, 2.75) is 26.4 Å². The first kappa shape index (κ1) is 11.4. The van der Waals surface area contributed by atoms with Gasteiger partial charge in [0.05, 0.1) is 6.10 Å². The Labute approximate surface area is 105 Å². The molecule has 0 radical (unpaired) electrons. The molecule has 1 aliphatic rings. The summed E-state index contributed by atoms with van der Waals surface area (Å²) in [6, 6.07) is 2.02. The third-order valence-corrected chi connectivity index (χ3v) is 3.59. The highest BCUT2D eigenvalue weighted by atomic mass is 16.3. The number of anilines is 1. The van der Waals surface area contributed by atoms with Crippen molar-refractivity contribution >= 4 is 11.6 Å². The summed E-state index contributed by atoms with van der Waals surface area (Å²) in [5, 5.41) is 13.9. The third-order valence-electron chi connectivity index (χ3n) is 3.59. The zero-order valence-electron chi connectivity index (χ0n) is 10.6. The van der Waals surface area contributed by atoms with Gasteiger partial charge in [0, 0.05) is 30.8 Å². The Kier molecular flexibility index (Phi) is 2.66. The minimum Gasteiger partial charge on any atom is -0.393 e. The molecule has 0 bridgehead atoms.